The van der Waals surface area contributed by atoms with E-state index in [-0.39, 0.29) is 11.7 Å². The first kappa shape index (κ1) is 29.0. The van der Waals surface area contributed by atoms with Crippen LogP contribution < -0.4 is 5.32 Å². The number of hydrogen-bond donors (Lipinski definition) is 3. The van der Waals surface area contributed by atoms with E-state index in [0.717, 1.165) is 27.4 Å². The van der Waals surface area contributed by atoms with Gasteiger partial charge in [0.25, 0.3) is 5.91 Å². The maximum atomic E-state index is 14.3. The molecule has 11 heteroatoms. The highest BCUT2D eigenvalue weighted by atomic mass is 32.2. The molecule has 0 radical (unpaired) electrons. The zero-order valence-corrected chi connectivity index (χ0v) is 22.4. The van der Waals surface area contributed by atoms with Gasteiger partial charge in [-0.2, -0.15) is 0 Å². The predicted molar refractivity (Wildman–Crippen MR) is 152 cm³/mol. The average Bonchev–Trinajstić information content (AvgIpc) is 3.34. The van der Waals surface area contributed by atoms with Crippen LogP contribution in [0.5, 0.6) is 0 Å². The number of nitrogens with one attached hydrogen (secondary N) is 1. The molecule has 0 bridgehead atoms. The monoisotopic (exact) mass is 572 g/mol. The minimum absolute atomic E-state index is 0.106. The highest BCUT2D eigenvalue weighted by Crippen LogP contribution is 2.27. The van der Waals surface area contributed by atoms with E-state index in [9.17, 15) is 9.18 Å². The molecule has 5 rings (SSSR count). The molecule has 3 aromatic carbocycles. The van der Waals surface area contributed by atoms with Crippen LogP contribution in [0.25, 0.3) is 11.2 Å². The van der Waals surface area contributed by atoms with Crippen molar-refractivity contribution in [2.45, 2.75) is 24.0 Å². The summed E-state index contributed by atoms with van der Waals surface area (Å²) in [7, 11) is 0. The highest BCUT2D eigenvalue weighted by Gasteiger charge is 2.15. The van der Waals surface area contributed by atoms with Crippen molar-refractivity contribution in [1.29, 1.82) is 0 Å². The molecule has 0 aliphatic heterocycles. The van der Waals surface area contributed by atoms with Crippen LogP contribution in [-0.4, -0.2) is 42.6 Å². The maximum Gasteiger partial charge on any atom is 0.414 e. The number of hydrogen-bond acceptors (Lipinski definition) is 6. The smallest absolute Gasteiger partial charge is 0.414 e. The molecule has 0 fully saturated rings. The summed E-state index contributed by atoms with van der Waals surface area (Å²) in [6.45, 7) is 0.840. The van der Waals surface area contributed by atoms with Gasteiger partial charge in [0.15, 0.2) is 10.8 Å². The third-order valence-electron chi connectivity index (χ3n) is 5.82. The number of carbonyl (C=O) groups excluding carboxylic acids is 1. The summed E-state index contributed by atoms with van der Waals surface area (Å²) in [5.41, 5.74) is 4.82. The van der Waals surface area contributed by atoms with Crippen molar-refractivity contribution in [3.63, 3.8) is 0 Å². The molecule has 1 amide bonds. The summed E-state index contributed by atoms with van der Waals surface area (Å²) < 4.78 is 16.3. The van der Waals surface area contributed by atoms with Crippen LogP contribution in [0.1, 0.15) is 27.0 Å². The SMILES string of the molecule is O=C(NCc1ccccc1)c1ccc(CSc2nc3cccnc3n2Cc2ccccc2F)cc1.O=C(O)C(=O)O. The topological polar surface area (TPSA) is 134 Å². The van der Waals surface area contributed by atoms with Crippen LogP contribution in [0, 0.1) is 5.82 Å². The van der Waals surface area contributed by atoms with Crippen LogP contribution in [-0.2, 0) is 28.4 Å². The number of rotatable bonds is 8. The summed E-state index contributed by atoms with van der Waals surface area (Å²) >= 11 is 1.56. The summed E-state index contributed by atoms with van der Waals surface area (Å²) in [6.07, 6.45) is 1.72. The van der Waals surface area contributed by atoms with E-state index in [4.69, 9.17) is 24.8 Å². The van der Waals surface area contributed by atoms with Crippen molar-refractivity contribution < 1.29 is 29.0 Å². The Labute approximate surface area is 238 Å². The number of carboxylic acids is 2. The molecule has 9 nitrogen and oxygen atoms in total. The fourth-order valence-electron chi connectivity index (χ4n) is 3.77. The highest BCUT2D eigenvalue weighted by molar-refractivity contribution is 7.98. The Hall–Kier alpha value is -5.03. The Morgan fingerprint density at radius 2 is 1.51 bits per heavy atom. The van der Waals surface area contributed by atoms with E-state index < -0.39 is 11.9 Å². The largest absolute Gasteiger partial charge is 0.473 e. The van der Waals surface area contributed by atoms with Gasteiger partial charge in [0.05, 0.1) is 6.54 Å². The molecule has 3 N–H and O–H groups in total. The van der Waals surface area contributed by atoms with Gasteiger partial charge in [-0.25, -0.2) is 23.9 Å². The van der Waals surface area contributed by atoms with Gasteiger partial charge < -0.3 is 15.5 Å². The van der Waals surface area contributed by atoms with Crippen LogP contribution in [0.4, 0.5) is 4.39 Å². The first-order chi connectivity index (χ1) is 19.8. The van der Waals surface area contributed by atoms with Crippen molar-refractivity contribution in [1.82, 2.24) is 19.9 Å². The number of imidazole rings is 1. The predicted octanol–water partition coefficient (Wildman–Crippen LogP) is 5.00. The van der Waals surface area contributed by atoms with E-state index in [1.165, 1.54) is 6.07 Å². The Morgan fingerprint density at radius 1 is 0.829 bits per heavy atom. The van der Waals surface area contributed by atoms with E-state index in [2.05, 4.69) is 10.3 Å². The lowest BCUT2D eigenvalue weighted by Crippen LogP contribution is -2.22. The number of nitrogens with zero attached hydrogens (tertiary/aromatic N) is 3. The average molecular weight is 573 g/mol. The molecule has 2 heterocycles. The second kappa shape index (κ2) is 13.9. The van der Waals surface area contributed by atoms with E-state index in [1.807, 2.05) is 77.4 Å². The lowest BCUT2D eigenvalue weighted by atomic mass is 10.1. The van der Waals surface area contributed by atoms with Gasteiger partial charge in [0.2, 0.25) is 0 Å². The number of halogens is 1. The second-order valence-corrected chi connectivity index (χ2v) is 9.62. The number of benzene rings is 3. The fraction of sp³-hybridized carbons (Fsp3) is 0.100. The van der Waals surface area contributed by atoms with Crippen LogP contribution in [0.3, 0.4) is 0 Å². The Bertz CT molecular complexity index is 1650. The zero-order chi connectivity index (χ0) is 29.2. The quantitative estimate of drug-likeness (QED) is 0.175. The number of aromatic nitrogens is 3. The minimum atomic E-state index is -1.82. The second-order valence-electron chi connectivity index (χ2n) is 8.68. The van der Waals surface area contributed by atoms with Crippen molar-refractivity contribution in [2.24, 2.45) is 0 Å². The Balaban J connectivity index is 0.000000585. The first-order valence-corrected chi connectivity index (χ1v) is 13.3. The van der Waals surface area contributed by atoms with Gasteiger partial charge in [-0.15, -0.1) is 0 Å². The van der Waals surface area contributed by atoms with E-state index >= 15 is 0 Å². The molecule has 0 atom stereocenters. The number of thioether (sulfide) groups is 1. The molecular weight excluding hydrogens is 547 g/mol. The van der Waals surface area contributed by atoms with Crippen molar-refractivity contribution in [3.05, 3.63) is 125 Å². The van der Waals surface area contributed by atoms with E-state index in [1.54, 1.807) is 30.1 Å². The lowest BCUT2D eigenvalue weighted by Gasteiger charge is -2.10. The van der Waals surface area contributed by atoms with Crippen molar-refractivity contribution in [3.8, 4) is 0 Å². The molecule has 0 unspecified atom stereocenters. The van der Waals surface area contributed by atoms with Gasteiger partial charge >= 0.3 is 11.9 Å². The van der Waals surface area contributed by atoms with Crippen molar-refractivity contribution in [2.75, 3.05) is 0 Å². The molecule has 0 aliphatic rings. The number of fused-ring (bicyclic) bond motifs is 1. The van der Waals surface area contributed by atoms with Gasteiger partial charge in [-0.1, -0.05) is 72.4 Å². The molecule has 0 saturated carbocycles. The third-order valence-corrected chi connectivity index (χ3v) is 6.87. The molecule has 2 aromatic heterocycles. The van der Waals surface area contributed by atoms with Crippen LogP contribution in [0.2, 0.25) is 0 Å². The standard InChI is InChI=1S/C28H23FN4OS.C2H2O4/c29-24-10-5-4-9-23(24)18-33-26-25(11-6-16-30-26)32-28(33)35-19-21-12-14-22(15-13-21)27(34)31-17-20-7-2-1-3-8-20;3-1(4)2(5)6/h1-16H,17-19H2,(H,31,34);(H,3,4)(H,5,6). The Morgan fingerprint density at radius 3 is 2.20 bits per heavy atom. The lowest BCUT2D eigenvalue weighted by molar-refractivity contribution is -0.159. The minimum Gasteiger partial charge on any atom is -0.473 e. The summed E-state index contributed by atoms with van der Waals surface area (Å²) in [4.78, 5) is 39.9. The molecule has 0 spiro atoms. The first-order valence-electron chi connectivity index (χ1n) is 12.4. The zero-order valence-electron chi connectivity index (χ0n) is 21.6. The fourth-order valence-corrected chi connectivity index (χ4v) is 4.73. The van der Waals surface area contributed by atoms with E-state index in [0.29, 0.717) is 30.0 Å². The molecule has 208 valence electrons. The van der Waals surface area contributed by atoms with Gasteiger partial charge in [0.1, 0.15) is 11.3 Å². The number of aliphatic carboxylic acids is 2. The summed E-state index contributed by atoms with van der Waals surface area (Å²) in [5.74, 6) is -3.34. The number of pyridine rings is 1. The van der Waals surface area contributed by atoms with Crippen molar-refractivity contribution >= 4 is 40.8 Å². The van der Waals surface area contributed by atoms with Gasteiger partial charge in [0, 0.05) is 29.6 Å². The molecular formula is C30H25FN4O5S. The van der Waals surface area contributed by atoms with Gasteiger partial charge in [-0.3, -0.25) is 9.36 Å². The van der Waals surface area contributed by atoms with Gasteiger partial charge in [-0.05, 0) is 41.5 Å². The van der Waals surface area contributed by atoms with Crippen LogP contribution >= 0.6 is 11.8 Å². The molecule has 0 aliphatic carbocycles. The molecule has 0 saturated heterocycles. The number of carboxylic acid groups (broad SMARTS) is 2. The molecule has 41 heavy (non-hydrogen) atoms. The summed E-state index contributed by atoms with van der Waals surface area (Å²) in [5, 5.41) is 18.5. The third kappa shape index (κ3) is 7.99. The summed E-state index contributed by atoms with van der Waals surface area (Å²) in [6, 6.07) is 27.9. The number of carbonyl (C=O) groups is 3. The number of amides is 1. The van der Waals surface area contributed by atoms with Crippen LogP contribution in [0.15, 0.2) is 102 Å². The maximum absolute atomic E-state index is 14.3. The molecule has 5 aromatic rings. The normalized spacial score (nSPS) is 10.5. The Kier molecular flexibility index (Phi) is 9.79.